The largest absolute Gasteiger partial charge is 0.326 e. The molecule has 0 spiro atoms. The van der Waals surface area contributed by atoms with Crippen LogP contribution in [0.4, 0.5) is 0 Å². The third-order valence-corrected chi connectivity index (χ3v) is 4.47. The topological polar surface area (TPSA) is 32.5 Å². The summed E-state index contributed by atoms with van der Waals surface area (Å²) in [4.78, 5) is 4.84. The van der Waals surface area contributed by atoms with Crippen molar-refractivity contribution < 1.29 is 0 Å². The van der Waals surface area contributed by atoms with E-state index in [0.717, 1.165) is 18.1 Å². The highest BCUT2D eigenvalue weighted by molar-refractivity contribution is 6.30. The van der Waals surface area contributed by atoms with Crippen LogP contribution in [0.25, 0.3) is 0 Å². The minimum Gasteiger partial charge on any atom is -0.326 e. The van der Waals surface area contributed by atoms with Crippen LogP contribution >= 0.6 is 11.6 Å². The zero-order chi connectivity index (χ0) is 14.7. The van der Waals surface area contributed by atoms with E-state index in [1.807, 2.05) is 12.1 Å². The molecule has 3 nitrogen and oxygen atoms in total. The lowest BCUT2D eigenvalue weighted by Crippen LogP contribution is -2.49. The average molecular weight is 296 g/mol. The first kappa shape index (κ1) is 15.8. The zero-order valence-electron chi connectivity index (χ0n) is 12.7. The molecule has 0 radical (unpaired) electrons. The van der Waals surface area contributed by atoms with Crippen LogP contribution in [0.15, 0.2) is 24.3 Å². The highest BCUT2D eigenvalue weighted by atomic mass is 35.5. The number of hydrogen-bond acceptors (Lipinski definition) is 3. The van der Waals surface area contributed by atoms with Gasteiger partial charge < -0.3 is 10.6 Å². The van der Waals surface area contributed by atoms with Crippen LogP contribution in [0.2, 0.25) is 5.02 Å². The van der Waals surface area contributed by atoms with Crippen LogP contribution in [-0.4, -0.2) is 49.1 Å². The summed E-state index contributed by atoms with van der Waals surface area (Å²) in [6.45, 7) is 4.28. The van der Waals surface area contributed by atoms with Gasteiger partial charge in [0.05, 0.1) is 0 Å². The molecule has 4 heteroatoms. The van der Waals surface area contributed by atoms with Crippen molar-refractivity contribution in [3.05, 3.63) is 34.9 Å². The molecule has 3 atom stereocenters. The Balaban J connectivity index is 2.20. The van der Waals surface area contributed by atoms with E-state index in [9.17, 15) is 0 Å². The molecular weight excluding hydrogens is 270 g/mol. The van der Waals surface area contributed by atoms with Crippen molar-refractivity contribution in [1.82, 2.24) is 9.80 Å². The maximum Gasteiger partial charge on any atom is 0.0497 e. The molecule has 0 saturated carbocycles. The highest BCUT2D eigenvalue weighted by Crippen LogP contribution is 2.29. The summed E-state index contributed by atoms with van der Waals surface area (Å²) in [5.41, 5.74) is 7.50. The lowest BCUT2D eigenvalue weighted by molar-refractivity contribution is 0.0865. The lowest BCUT2D eigenvalue weighted by Gasteiger charge is -2.42. The molecule has 1 fully saturated rings. The Bertz CT molecular complexity index is 433. The highest BCUT2D eigenvalue weighted by Gasteiger charge is 2.29. The van der Waals surface area contributed by atoms with Gasteiger partial charge in [-0.1, -0.05) is 23.7 Å². The molecule has 1 aromatic carbocycles. The molecule has 1 aliphatic rings. The van der Waals surface area contributed by atoms with Crippen LogP contribution in [-0.2, 0) is 0 Å². The number of nitrogens with two attached hydrogens (primary N) is 1. The van der Waals surface area contributed by atoms with Gasteiger partial charge in [-0.25, -0.2) is 0 Å². The molecule has 0 bridgehead atoms. The van der Waals surface area contributed by atoms with Crippen LogP contribution in [0.3, 0.4) is 0 Å². The fourth-order valence-corrected chi connectivity index (χ4v) is 3.39. The standard InChI is InChI=1S/C16H26ClN3/c1-12(18)16(13-6-4-7-14(17)10-13)20-9-5-8-15(11-20)19(2)3/h4,6-7,10,12,15-16H,5,8-9,11,18H2,1-3H3. The predicted octanol–water partition coefficient (Wildman–Crippen LogP) is 2.75. The molecule has 1 aliphatic heterocycles. The molecule has 0 aliphatic carbocycles. The smallest absolute Gasteiger partial charge is 0.0497 e. The second-order valence-electron chi connectivity index (χ2n) is 6.11. The van der Waals surface area contributed by atoms with Gasteiger partial charge in [0.1, 0.15) is 0 Å². The van der Waals surface area contributed by atoms with Gasteiger partial charge in [0.2, 0.25) is 0 Å². The van der Waals surface area contributed by atoms with Crippen molar-refractivity contribution in [2.75, 3.05) is 27.2 Å². The second-order valence-corrected chi connectivity index (χ2v) is 6.55. The van der Waals surface area contributed by atoms with Gasteiger partial charge in [0.15, 0.2) is 0 Å². The molecular formula is C16H26ClN3. The van der Waals surface area contributed by atoms with Gasteiger partial charge in [0, 0.05) is 29.7 Å². The Hall–Kier alpha value is -0.610. The number of nitrogens with zero attached hydrogens (tertiary/aromatic N) is 2. The van der Waals surface area contributed by atoms with E-state index in [0.29, 0.717) is 6.04 Å². The number of benzene rings is 1. The maximum atomic E-state index is 6.27. The van der Waals surface area contributed by atoms with Crippen molar-refractivity contribution >= 4 is 11.6 Å². The van der Waals surface area contributed by atoms with E-state index in [1.165, 1.54) is 18.4 Å². The molecule has 2 rings (SSSR count). The van der Waals surface area contributed by atoms with Crippen LogP contribution in [0.1, 0.15) is 31.4 Å². The van der Waals surface area contributed by atoms with Gasteiger partial charge in [0.25, 0.3) is 0 Å². The fourth-order valence-electron chi connectivity index (χ4n) is 3.19. The quantitative estimate of drug-likeness (QED) is 0.927. The Morgan fingerprint density at radius 1 is 1.40 bits per heavy atom. The zero-order valence-corrected chi connectivity index (χ0v) is 13.5. The second kappa shape index (κ2) is 6.90. The minimum absolute atomic E-state index is 0.0920. The Morgan fingerprint density at radius 2 is 2.15 bits per heavy atom. The van der Waals surface area contributed by atoms with Gasteiger partial charge in [-0.05, 0) is 58.1 Å². The Kier molecular flexibility index (Phi) is 5.44. The molecule has 2 N–H and O–H groups in total. The van der Waals surface area contributed by atoms with Crippen molar-refractivity contribution in [2.45, 2.75) is 37.9 Å². The van der Waals surface area contributed by atoms with Crippen LogP contribution < -0.4 is 5.73 Å². The van der Waals surface area contributed by atoms with Gasteiger partial charge in [-0.3, -0.25) is 4.90 Å². The molecule has 1 aromatic rings. The summed E-state index contributed by atoms with van der Waals surface area (Å²) < 4.78 is 0. The first-order valence-corrected chi connectivity index (χ1v) is 7.78. The van der Waals surface area contributed by atoms with E-state index in [4.69, 9.17) is 17.3 Å². The first-order valence-electron chi connectivity index (χ1n) is 7.40. The number of hydrogen-bond donors (Lipinski definition) is 1. The van der Waals surface area contributed by atoms with E-state index in [1.54, 1.807) is 0 Å². The number of rotatable bonds is 4. The minimum atomic E-state index is 0.0920. The molecule has 1 saturated heterocycles. The molecule has 0 amide bonds. The Labute approximate surface area is 127 Å². The van der Waals surface area contributed by atoms with Crippen molar-refractivity contribution in [3.63, 3.8) is 0 Å². The third-order valence-electron chi connectivity index (χ3n) is 4.24. The number of likely N-dealkylation sites (N-methyl/N-ethyl adjacent to an activating group) is 1. The molecule has 112 valence electrons. The third kappa shape index (κ3) is 3.73. The summed E-state index contributed by atoms with van der Waals surface area (Å²) in [5, 5.41) is 0.786. The maximum absolute atomic E-state index is 6.27. The summed E-state index contributed by atoms with van der Waals surface area (Å²) in [7, 11) is 4.32. The monoisotopic (exact) mass is 295 g/mol. The van der Waals surface area contributed by atoms with E-state index >= 15 is 0 Å². The lowest BCUT2D eigenvalue weighted by atomic mass is 9.95. The van der Waals surface area contributed by atoms with E-state index in [2.05, 4.69) is 43.0 Å². The normalized spacial score (nSPS) is 23.8. The summed E-state index contributed by atoms with van der Waals surface area (Å²) in [6.07, 6.45) is 2.50. The Morgan fingerprint density at radius 3 is 2.75 bits per heavy atom. The summed E-state index contributed by atoms with van der Waals surface area (Å²) >= 11 is 6.14. The van der Waals surface area contributed by atoms with E-state index < -0.39 is 0 Å². The van der Waals surface area contributed by atoms with Gasteiger partial charge in [-0.15, -0.1) is 0 Å². The number of piperidine rings is 1. The molecule has 3 unspecified atom stereocenters. The van der Waals surface area contributed by atoms with Crippen molar-refractivity contribution in [2.24, 2.45) is 5.73 Å². The summed E-state index contributed by atoms with van der Waals surface area (Å²) in [6, 6.07) is 9.08. The molecule has 20 heavy (non-hydrogen) atoms. The van der Waals surface area contributed by atoms with Crippen LogP contribution in [0, 0.1) is 0 Å². The van der Waals surface area contributed by atoms with Crippen molar-refractivity contribution in [1.29, 1.82) is 0 Å². The van der Waals surface area contributed by atoms with Gasteiger partial charge >= 0.3 is 0 Å². The fraction of sp³-hybridized carbons (Fsp3) is 0.625. The van der Waals surface area contributed by atoms with Crippen LogP contribution in [0.5, 0.6) is 0 Å². The van der Waals surface area contributed by atoms with Gasteiger partial charge in [-0.2, -0.15) is 0 Å². The first-order chi connectivity index (χ1) is 9.49. The molecule has 1 heterocycles. The van der Waals surface area contributed by atoms with E-state index in [-0.39, 0.29) is 12.1 Å². The predicted molar refractivity (Wildman–Crippen MR) is 86.1 cm³/mol. The average Bonchev–Trinajstić information content (AvgIpc) is 2.39. The SMILES string of the molecule is CC(N)C(c1cccc(Cl)c1)N1CCCC(N(C)C)C1. The van der Waals surface area contributed by atoms with Crippen molar-refractivity contribution in [3.8, 4) is 0 Å². The number of halogens is 1. The molecule has 0 aromatic heterocycles. The number of likely N-dealkylation sites (tertiary alicyclic amines) is 1. The summed E-state index contributed by atoms with van der Waals surface area (Å²) in [5.74, 6) is 0.